The number of aliphatic hydroxyl groups excluding tert-OH is 1. The highest BCUT2D eigenvalue weighted by atomic mass is 16.3. The third-order valence-electron chi connectivity index (χ3n) is 3.95. The van der Waals surface area contributed by atoms with E-state index in [1.54, 1.807) is 0 Å². The summed E-state index contributed by atoms with van der Waals surface area (Å²) in [4.78, 5) is 14.4. The maximum Gasteiger partial charge on any atom is 0.254 e. The first-order chi connectivity index (χ1) is 8.63. The lowest BCUT2D eigenvalue weighted by molar-refractivity contribution is 0.0784. The van der Waals surface area contributed by atoms with Crippen LogP contribution in [0.4, 0.5) is 0 Å². The zero-order chi connectivity index (χ0) is 13.1. The molecule has 98 valence electrons. The number of hydrogen-bond donors (Lipinski definition) is 1. The van der Waals surface area contributed by atoms with Crippen LogP contribution in [0.5, 0.6) is 0 Å². The normalized spacial score (nSPS) is 19.3. The zero-order valence-corrected chi connectivity index (χ0v) is 11.1. The molecule has 1 atom stereocenters. The van der Waals surface area contributed by atoms with Gasteiger partial charge in [0.05, 0.1) is 0 Å². The highest BCUT2D eigenvalue weighted by Crippen LogP contribution is 2.23. The van der Waals surface area contributed by atoms with Crippen molar-refractivity contribution in [3.8, 4) is 0 Å². The SMILES string of the molecule is Cc1cccc(C(=O)N2CCC(CCO)C2)c1C. The van der Waals surface area contributed by atoms with Crippen molar-refractivity contribution in [3.05, 3.63) is 34.9 Å². The molecule has 1 aliphatic heterocycles. The molecule has 1 saturated heterocycles. The molecule has 0 saturated carbocycles. The number of nitrogens with zero attached hydrogens (tertiary/aromatic N) is 1. The van der Waals surface area contributed by atoms with Crippen LogP contribution in [-0.4, -0.2) is 35.6 Å². The molecule has 1 fully saturated rings. The number of amides is 1. The maximum atomic E-state index is 12.4. The molecule has 0 radical (unpaired) electrons. The fourth-order valence-corrected chi connectivity index (χ4v) is 2.59. The van der Waals surface area contributed by atoms with Gasteiger partial charge in [-0.25, -0.2) is 0 Å². The monoisotopic (exact) mass is 247 g/mol. The number of benzene rings is 1. The summed E-state index contributed by atoms with van der Waals surface area (Å²) in [6, 6.07) is 5.88. The van der Waals surface area contributed by atoms with Crippen molar-refractivity contribution in [2.24, 2.45) is 5.92 Å². The lowest BCUT2D eigenvalue weighted by Gasteiger charge is -2.18. The lowest BCUT2D eigenvalue weighted by atomic mass is 10.0. The van der Waals surface area contributed by atoms with Crippen LogP contribution in [0.25, 0.3) is 0 Å². The molecule has 3 heteroatoms. The van der Waals surface area contributed by atoms with Gasteiger partial charge in [0.25, 0.3) is 5.91 Å². The van der Waals surface area contributed by atoms with Crippen molar-refractivity contribution in [3.63, 3.8) is 0 Å². The summed E-state index contributed by atoms with van der Waals surface area (Å²) in [5.41, 5.74) is 3.06. The standard InChI is InChI=1S/C15H21NO2/c1-11-4-3-5-14(12(11)2)15(18)16-8-6-13(10-16)7-9-17/h3-5,13,17H,6-10H2,1-2H3. The molecule has 1 aliphatic rings. The van der Waals surface area contributed by atoms with Crippen LogP contribution < -0.4 is 0 Å². The number of rotatable bonds is 3. The lowest BCUT2D eigenvalue weighted by Crippen LogP contribution is -2.29. The van der Waals surface area contributed by atoms with E-state index >= 15 is 0 Å². The van der Waals surface area contributed by atoms with Crippen molar-refractivity contribution in [1.82, 2.24) is 4.90 Å². The summed E-state index contributed by atoms with van der Waals surface area (Å²) in [6.45, 7) is 5.86. The molecule has 1 aromatic rings. The van der Waals surface area contributed by atoms with Crippen LogP contribution in [0.15, 0.2) is 18.2 Å². The minimum atomic E-state index is 0.136. The fraction of sp³-hybridized carbons (Fsp3) is 0.533. The molecule has 0 aliphatic carbocycles. The molecular formula is C15H21NO2. The van der Waals surface area contributed by atoms with E-state index in [-0.39, 0.29) is 12.5 Å². The van der Waals surface area contributed by atoms with Crippen molar-refractivity contribution in [2.45, 2.75) is 26.7 Å². The van der Waals surface area contributed by atoms with Crippen LogP contribution in [0.1, 0.15) is 34.3 Å². The fourth-order valence-electron chi connectivity index (χ4n) is 2.59. The van der Waals surface area contributed by atoms with Crippen molar-refractivity contribution in [1.29, 1.82) is 0 Å². The van der Waals surface area contributed by atoms with Gasteiger partial charge in [-0.2, -0.15) is 0 Å². The van der Waals surface area contributed by atoms with Gasteiger partial charge in [-0.05, 0) is 49.8 Å². The molecule has 3 nitrogen and oxygen atoms in total. The first-order valence-corrected chi connectivity index (χ1v) is 6.60. The molecule has 0 spiro atoms. The van der Waals surface area contributed by atoms with Gasteiger partial charge in [0.2, 0.25) is 0 Å². The quantitative estimate of drug-likeness (QED) is 0.889. The first-order valence-electron chi connectivity index (χ1n) is 6.60. The van der Waals surface area contributed by atoms with Crippen LogP contribution >= 0.6 is 0 Å². The second-order valence-corrected chi connectivity index (χ2v) is 5.17. The molecule has 0 aromatic heterocycles. The Bertz CT molecular complexity index is 442. The predicted molar refractivity (Wildman–Crippen MR) is 71.6 cm³/mol. The van der Waals surface area contributed by atoms with E-state index in [1.807, 2.05) is 36.9 Å². The summed E-state index contributed by atoms with van der Waals surface area (Å²) >= 11 is 0. The van der Waals surface area contributed by atoms with E-state index < -0.39 is 0 Å². The Morgan fingerprint density at radius 3 is 2.94 bits per heavy atom. The van der Waals surface area contributed by atoms with E-state index in [2.05, 4.69) is 0 Å². The minimum Gasteiger partial charge on any atom is -0.396 e. The molecule has 2 rings (SSSR count). The van der Waals surface area contributed by atoms with Crippen LogP contribution in [0.3, 0.4) is 0 Å². The molecule has 1 unspecified atom stereocenters. The summed E-state index contributed by atoms with van der Waals surface area (Å²) < 4.78 is 0. The van der Waals surface area contributed by atoms with Crippen molar-refractivity contribution < 1.29 is 9.90 Å². The predicted octanol–water partition coefficient (Wildman–Crippen LogP) is 2.15. The van der Waals surface area contributed by atoms with E-state index in [0.717, 1.165) is 42.6 Å². The second kappa shape index (κ2) is 5.53. The summed E-state index contributed by atoms with van der Waals surface area (Å²) in [6.07, 6.45) is 1.81. The zero-order valence-electron chi connectivity index (χ0n) is 11.1. The van der Waals surface area contributed by atoms with Crippen molar-refractivity contribution in [2.75, 3.05) is 19.7 Å². The van der Waals surface area contributed by atoms with E-state index in [0.29, 0.717) is 5.92 Å². The average Bonchev–Trinajstić information content (AvgIpc) is 2.81. The Balaban J connectivity index is 2.11. The largest absolute Gasteiger partial charge is 0.396 e. The first kappa shape index (κ1) is 13.1. The number of carbonyl (C=O) groups excluding carboxylic acids is 1. The van der Waals surface area contributed by atoms with Gasteiger partial charge in [0.15, 0.2) is 0 Å². The topological polar surface area (TPSA) is 40.5 Å². The molecule has 0 bridgehead atoms. The summed E-state index contributed by atoms with van der Waals surface area (Å²) in [7, 11) is 0. The Labute approximate surface area is 108 Å². The molecule has 1 N–H and O–H groups in total. The maximum absolute atomic E-state index is 12.4. The van der Waals surface area contributed by atoms with Crippen LogP contribution in [-0.2, 0) is 0 Å². The molecule has 1 aromatic carbocycles. The highest BCUT2D eigenvalue weighted by Gasteiger charge is 2.27. The van der Waals surface area contributed by atoms with E-state index in [1.165, 1.54) is 0 Å². The summed E-state index contributed by atoms with van der Waals surface area (Å²) in [5, 5.41) is 8.95. The molecule has 18 heavy (non-hydrogen) atoms. The van der Waals surface area contributed by atoms with Crippen LogP contribution in [0.2, 0.25) is 0 Å². The van der Waals surface area contributed by atoms with Gasteiger partial charge in [0, 0.05) is 25.3 Å². The van der Waals surface area contributed by atoms with E-state index in [9.17, 15) is 4.79 Å². The smallest absolute Gasteiger partial charge is 0.254 e. The highest BCUT2D eigenvalue weighted by molar-refractivity contribution is 5.96. The number of aliphatic hydroxyl groups is 1. The van der Waals surface area contributed by atoms with Gasteiger partial charge >= 0.3 is 0 Å². The Kier molecular flexibility index (Phi) is 4.02. The Morgan fingerprint density at radius 1 is 1.44 bits per heavy atom. The summed E-state index contributed by atoms with van der Waals surface area (Å²) in [5.74, 6) is 0.598. The molecular weight excluding hydrogens is 226 g/mol. The molecule has 1 amide bonds. The second-order valence-electron chi connectivity index (χ2n) is 5.17. The van der Waals surface area contributed by atoms with Crippen molar-refractivity contribution >= 4 is 5.91 Å². The van der Waals surface area contributed by atoms with Crippen LogP contribution in [0, 0.1) is 19.8 Å². The Morgan fingerprint density at radius 2 is 2.22 bits per heavy atom. The Hall–Kier alpha value is -1.35. The number of hydrogen-bond acceptors (Lipinski definition) is 2. The molecule has 1 heterocycles. The third kappa shape index (κ3) is 2.56. The average molecular weight is 247 g/mol. The third-order valence-corrected chi connectivity index (χ3v) is 3.95. The number of likely N-dealkylation sites (tertiary alicyclic amines) is 1. The van der Waals surface area contributed by atoms with Gasteiger partial charge in [0.1, 0.15) is 0 Å². The minimum absolute atomic E-state index is 0.136. The van der Waals surface area contributed by atoms with Gasteiger partial charge in [-0.15, -0.1) is 0 Å². The number of carbonyl (C=O) groups is 1. The van der Waals surface area contributed by atoms with E-state index in [4.69, 9.17) is 5.11 Å². The van der Waals surface area contributed by atoms with Gasteiger partial charge < -0.3 is 10.0 Å². The van der Waals surface area contributed by atoms with Gasteiger partial charge in [-0.1, -0.05) is 12.1 Å². The number of aryl methyl sites for hydroxylation is 1. The van der Waals surface area contributed by atoms with Gasteiger partial charge in [-0.3, -0.25) is 4.79 Å².